The van der Waals surface area contributed by atoms with Crippen molar-refractivity contribution in [1.29, 1.82) is 0 Å². The van der Waals surface area contributed by atoms with Gasteiger partial charge in [0.2, 0.25) is 0 Å². The van der Waals surface area contributed by atoms with Crippen molar-refractivity contribution in [3.63, 3.8) is 0 Å². The topological polar surface area (TPSA) is 31.0 Å². The maximum absolute atomic E-state index is 5.99. The van der Waals surface area contributed by atoms with Crippen LogP contribution in [0.15, 0.2) is 0 Å². The van der Waals surface area contributed by atoms with Gasteiger partial charge in [-0.15, -0.1) is 0 Å². The Bertz CT molecular complexity index is 249. The van der Waals surface area contributed by atoms with Crippen LogP contribution in [-0.4, -0.2) is 31.2 Å². The van der Waals surface area contributed by atoms with Crippen LogP contribution in [0.1, 0.15) is 38.5 Å². The highest BCUT2D eigenvalue weighted by molar-refractivity contribution is 5.30. The van der Waals surface area contributed by atoms with Crippen molar-refractivity contribution in [2.24, 2.45) is 0 Å². The average Bonchev–Trinajstić information content (AvgIpc) is 3.11. The van der Waals surface area contributed by atoms with Crippen molar-refractivity contribution in [2.45, 2.75) is 55.5 Å². The molecule has 0 aromatic heterocycles. The maximum atomic E-state index is 5.99. The molecule has 1 heterocycles. The van der Waals surface area contributed by atoms with E-state index in [1.54, 1.807) is 14.2 Å². The predicted molar refractivity (Wildman–Crippen MR) is 51.0 cm³/mol. The third kappa shape index (κ3) is 0.802. The highest BCUT2D eigenvalue weighted by atomic mass is 16.8. The first-order valence-corrected chi connectivity index (χ1v) is 5.55. The Balaban J connectivity index is 1.93. The Kier molecular flexibility index (Phi) is 1.64. The summed E-state index contributed by atoms with van der Waals surface area (Å²) in [5, 5.41) is 0. The molecular formula is C11H18O3. The van der Waals surface area contributed by atoms with Gasteiger partial charge in [-0.2, -0.15) is 0 Å². The molecule has 1 aliphatic heterocycles. The molecule has 0 aromatic rings. The minimum Gasteiger partial charge on any atom is -0.357 e. The molecule has 3 aliphatic rings. The highest BCUT2D eigenvalue weighted by Crippen LogP contribution is 2.73. The van der Waals surface area contributed by atoms with Crippen LogP contribution in [0.2, 0.25) is 0 Å². The second-order valence-electron chi connectivity index (χ2n) is 4.79. The van der Waals surface area contributed by atoms with Gasteiger partial charge in [0.1, 0.15) is 5.60 Å². The van der Waals surface area contributed by atoms with Crippen LogP contribution in [0.5, 0.6) is 0 Å². The van der Waals surface area contributed by atoms with Crippen LogP contribution < -0.4 is 0 Å². The van der Waals surface area contributed by atoms with Crippen molar-refractivity contribution < 1.29 is 14.2 Å². The normalized spacial score (nSPS) is 41.6. The van der Waals surface area contributed by atoms with Gasteiger partial charge in [0.15, 0.2) is 11.4 Å². The van der Waals surface area contributed by atoms with Gasteiger partial charge in [-0.25, -0.2) is 0 Å². The van der Waals surface area contributed by atoms with Gasteiger partial charge >= 0.3 is 0 Å². The molecule has 0 N–H and O–H groups in total. The summed E-state index contributed by atoms with van der Waals surface area (Å²) in [5.41, 5.74) is 0.0567. The fraction of sp³-hybridized carbons (Fsp3) is 1.00. The molecule has 1 saturated heterocycles. The predicted octanol–water partition coefficient (Wildman–Crippen LogP) is 1.85. The number of epoxide rings is 1. The summed E-state index contributed by atoms with van der Waals surface area (Å²) < 4.78 is 17.3. The molecule has 14 heavy (non-hydrogen) atoms. The van der Waals surface area contributed by atoms with E-state index in [2.05, 4.69) is 0 Å². The van der Waals surface area contributed by atoms with Gasteiger partial charge in [-0.1, -0.05) is 6.42 Å². The fourth-order valence-electron chi connectivity index (χ4n) is 3.37. The summed E-state index contributed by atoms with van der Waals surface area (Å²) >= 11 is 0. The number of hydrogen-bond donors (Lipinski definition) is 0. The van der Waals surface area contributed by atoms with Gasteiger partial charge in [-0.3, -0.25) is 0 Å². The lowest BCUT2D eigenvalue weighted by atomic mass is 9.79. The first-order chi connectivity index (χ1) is 6.74. The van der Waals surface area contributed by atoms with Gasteiger partial charge in [0.25, 0.3) is 0 Å². The first kappa shape index (κ1) is 9.13. The summed E-state index contributed by atoms with van der Waals surface area (Å²) in [6.45, 7) is 0. The smallest absolute Gasteiger partial charge is 0.200 e. The Labute approximate surface area is 84.7 Å². The lowest BCUT2D eigenvalue weighted by Gasteiger charge is -2.40. The van der Waals surface area contributed by atoms with Crippen LogP contribution in [0.3, 0.4) is 0 Å². The van der Waals surface area contributed by atoms with Crippen molar-refractivity contribution in [3.05, 3.63) is 0 Å². The molecule has 2 aliphatic carbocycles. The van der Waals surface area contributed by atoms with Crippen LogP contribution in [0, 0.1) is 0 Å². The van der Waals surface area contributed by atoms with E-state index in [-0.39, 0.29) is 11.2 Å². The summed E-state index contributed by atoms with van der Waals surface area (Å²) in [7, 11) is 3.49. The van der Waals surface area contributed by atoms with Crippen molar-refractivity contribution >= 4 is 0 Å². The number of fused-ring (bicyclic) bond motifs is 1. The minimum atomic E-state index is -0.457. The van der Waals surface area contributed by atoms with Crippen molar-refractivity contribution in [2.75, 3.05) is 14.2 Å². The minimum absolute atomic E-state index is 0.0955. The Morgan fingerprint density at radius 3 is 2.07 bits per heavy atom. The zero-order valence-corrected chi connectivity index (χ0v) is 8.97. The fourth-order valence-corrected chi connectivity index (χ4v) is 3.37. The molecule has 3 heteroatoms. The second kappa shape index (κ2) is 2.52. The summed E-state index contributed by atoms with van der Waals surface area (Å²) in [4.78, 5) is 0. The zero-order chi connectivity index (χ0) is 9.86. The molecular weight excluding hydrogens is 180 g/mol. The van der Waals surface area contributed by atoms with E-state index in [1.165, 1.54) is 25.7 Å². The highest BCUT2D eigenvalue weighted by Gasteiger charge is 2.85. The second-order valence-corrected chi connectivity index (χ2v) is 4.79. The first-order valence-electron chi connectivity index (χ1n) is 5.55. The van der Waals surface area contributed by atoms with Gasteiger partial charge < -0.3 is 14.2 Å². The molecule has 1 unspecified atom stereocenters. The van der Waals surface area contributed by atoms with Crippen molar-refractivity contribution in [1.82, 2.24) is 0 Å². The lowest BCUT2D eigenvalue weighted by molar-refractivity contribution is -0.260. The molecule has 0 bridgehead atoms. The molecule has 3 nitrogen and oxygen atoms in total. The molecule has 1 atom stereocenters. The molecule has 0 aromatic carbocycles. The van der Waals surface area contributed by atoms with E-state index in [0.717, 1.165) is 12.8 Å². The summed E-state index contributed by atoms with van der Waals surface area (Å²) in [6.07, 6.45) is 6.90. The van der Waals surface area contributed by atoms with Crippen LogP contribution in [-0.2, 0) is 14.2 Å². The molecule has 0 amide bonds. The average molecular weight is 198 g/mol. The third-order valence-electron chi connectivity index (χ3n) is 4.33. The van der Waals surface area contributed by atoms with Crippen LogP contribution in [0.25, 0.3) is 0 Å². The van der Waals surface area contributed by atoms with E-state index in [9.17, 15) is 0 Å². The Morgan fingerprint density at radius 2 is 1.57 bits per heavy atom. The van der Waals surface area contributed by atoms with E-state index in [1.807, 2.05) is 0 Å². The monoisotopic (exact) mass is 198 g/mol. The number of ether oxygens (including phenoxy) is 3. The van der Waals surface area contributed by atoms with E-state index < -0.39 is 5.79 Å². The molecule has 3 fully saturated rings. The molecule has 2 saturated carbocycles. The maximum Gasteiger partial charge on any atom is 0.200 e. The largest absolute Gasteiger partial charge is 0.357 e. The van der Waals surface area contributed by atoms with E-state index in [0.29, 0.717) is 0 Å². The molecule has 80 valence electrons. The SMILES string of the molecule is COC1(OC)CCCCC12OC21CC1. The molecule has 0 radical (unpaired) electrons. The zero-order valence-electron chi connectivity index (χ0n) is 8.97. The third-order valence-corrected chi connectivity index (χ3v) is 4.33. The summed E-state index contributed by atoms with van der Waals surface area (Å²) in [6, 6.07) is 0. The number of hydrogen-bond acceptors (Lipinski definition) is 3. The summed E-state index contributed by atoms with van der Waals surface area (Å²) in [5.74, 6) is -0.457. The number of rotatable bonds is 2. The van der Waals surface area contributed by atoms with E-state index >= 15 is 0 Å². The van der Waals surface area contributed by atoms with Crippen LogP contribution in [0.4, 0.5) is 0 Å². The van der Waals surface area contributed by atoms with Crippen molar-refractivity contribution in [3.8, 4) is 0 Å². The standard InChI is InChI=1S/C11H18O3/c1-12-11(13-2)6-4-3-5-10(11)9(14-10)7-8-9/h3-8H2,1-2H3. The van der Waals surface area contributed by atoms with Crippen LogP contribution >= 0.6 is 0 Å². The van der Waals surface area contributed by atoms with Gasteiger partial charge in [0, 0.05) is 20.6 Å². The van der Waals surface area contributed by atoms with E-state index in [4.69, 9.17) is 14.2 Å². The lowest BCUT2D eigenvalue weighted by Crippen LogP contribution is -2.52. The van der Waals surface area contributed by atoms with Gasteiger partial charge in [0.05, 0.1) is 0 Å². The van der Waals surface area contributed by atoms with Gasteiger partial charge in [-0.05, 0) is 25.7 Å². The molecule has 2 spiro atoms. The molecule has 3 rings (SSSR count). The quantitative estimate of drug-likeness (QED) is 0.501. The Hall–Kier alpha value is -0.120. The number of methoxy groups -OCH3 is 2. The Morgan fingerprint density at radius 1 is 0.929 bits per heavy atom.